The lowest BCUT2D eigenvalue weighted by Gasteiger charge is -2.14. The molecular weight excluding hydrogens is 278 g/mol. The van der Waals surface area contributed by atoms with Gasteiger partial charge in [0.15, 0.2) is 0 Å². The first kappa shape index (κ1) is 14.5. The number of nitrogens with one attached hydrogen (secondary N) is 1. The second-order valence-electron chi connectivity index (χ2n) is 4.59. The summed E-state index contributed by atoms with van der Waals surface area (Å²) >= 11 is 1.31. The van der Waals surface area contributed by atoms with Crippen LogP contribution in [0, 0.1) is 0 Å². The molecular formula is C11H17N7OS. The van der Waals surface area contributed by atoms with Gasteiger partial charge in [-0.2, -0.15) is 5.10 Å². The highest BCUT2D eigenvalue weighted by molar-refractivity contribution is 8.00. The van der Waals surface area contributed by atoms with Crippen molar-refractivity contribution in [1.82, 2.24) is 30.0 Å². The minimum Gasteiger partial charge on any atom is -0.310 e. The SMILES string of the molecule is CC(Sc1nnnn1C)C(=O)Nc1ccnn1C(C)C. The van der Waals surface area contributed by atoms with Crippen LogP contribution in [-0.2, 0) is 11.8 Å². The van der Waals surface area contributed by atoms with Crippen LogP contribution in [0.25, 0.3) is 0 Å². The molecule has 2 aromatic rings. The zero-order valence-electron chi connectivity index (χ0n) is 11.8. The van der Waals surface area contributed by atoms with Gasteiger partial charge >= 0.3 is 0 Å². The van der Waals surface area contributed by atoms with Crippen molar-refractivity contribution in [1.29, 1.82) is 0 Å². The van der Waals surface area contributed by atoms with Gasteiger partial charge in [-0.15, -0.1) is 5.10 Å². The Morgan fingerprint density at radius 3 is 2.75 bits per heavy atom. The van der Waals surface area contributed by atoms with Gasteiger partial charge in [0.05, 0.1) is 11.4 Å². The number of hydrogen-bond donors (Lipinski definition) is 1. The minimum atomic E-state index is -0.310. The monoisotopic (exact) mass is 295 g/mol. The molecule has 1 unspecified atom stereocenters. The molecule has 0 saturated heterocycles. The van der Waals surface area contributed by atoms with E-state index in [1.165, 1.54) is 16.4 Å². The molecule has 20 heavy (non-hydrogen) atoms. The van der Waals surface area contributed by atoms with Crippen molar-refractivity contribution < 1.29 is 4.79 Å². The molecule has 9 heteroatoms. The van der Waals surface area contributed by atoms with Gasteiger partial charge in [-0.3, -0.25) is 4.79 Å². The van der Waals surface area contributed by atoms with Crippen molar-refractivity contribution in [3.8, 4) is 0 Å². The normalized spacial score (nSPS) is 12.7. The van der Waals surface area contributed by atoms with Crippen LogP contribution in [-0.4, -0.2) is 41.1 Å². The molecule has 0 saturated carbocycles. The summed E-state index contributed by atoms with van der Waals surface area (Å²) in [6.07, 6.45) is 1.67. The Hall–Kier alpha value is -1.90. The average molecular weight is 295 g/mol. The van der Waals surface area contributed by atoms with Crippen LogP contribution in [0.2, 0.25) is 0 Å². The number of carbonyl (C=O) groups excluding carboxylic acids is 1. The Morgan fingerprint density at radius 1 is 1.40 bits per heavy atom. The molecule has 2 aromatic heterocycles. The predicted octanol–water partition coefficient (Wildman–Crippen LogP) is 1.11. The highest BCUT2D eigenvalue weighted by Crippen LogP contribution is 2.21. The largest absolute Gasteiger partial charge is 0.310 e. The van der Waals surface area contributed by atoms with Crippen molar-refractivity contribution >= 4 is 23.5 Å². The lowest BCUT2D eigenvalue weighted by atomic mass is 10.4. The lowest BCUT2D eigenvalue weighted by Crippen LogP contribution is -2.25. The van der Waals surface area contributed by atoms with E-state index in [0.29, 0.717) is 11.0 Å². The Morgan fingerprint density at radius 2 is 2.15 bits per heavy atom. The number of nitrogens with zero attached hydrogens (tertiary/aromatic N) is 6. The molecule has 108 valence electrons. The van der Waals surface area contributed by atoms with Gasteiger partial charge in [-0.1, -0.05) is 11.8 Å². The number of aromatic nitrogens is 6. The Labute approximate surface area is 120 Å². The van der Waals surface area contributed by atoms with E-state index in [1.54, 1.807) is 24.0 Å². The first-order valence-electron chi connectivity index (χ1n) is 6.22. The molecule has 8 nitrogen and oxygen atoms in total. The second-order valence-corrected chi connectivity index (χ2v) is 5.90. The number of carbonyl (C=O) groups is 1. The molecule has 2 heterocycles. The van der Waals surface area contributed by atoms with Gasteiger partial charge in [0.25, 0.3) is 0 Å². The van der Waals surface area contributed by atoms with E-state index in [-0.39, 0.29) is 17.2 Å². The third kappa shape index (κ3) is 3.16. The maximum absolute atomic E-state index is 12.2. The van der Waals surface area contributed by atoms with Crippen molar-refractivity contribution in [3.63, 3.8) is 0 Å². The fraction of sp³-hybridized carbons (Fsp3) is 0.545. The number of anilines is 1. The quantitative estimate of drug-likeness (QED) is 0.831. The fourth-order valence-electron chi connectivity index (χ4n) is 1.59. The number of amides is 1. The standard InChI is InChI=1S/C11H17N7OS/c1-7(2)18-9(5-6-12-18)13-10(19)8(3)20-11-14-15-16-17(11)4/h5-8H,1-4H3,(H,13,19). The molecule has 1 N–H and O–H groups in total. The van der Waals surface area contributed by atoms with Gasteiger partial charge in [-0.25, -0.2) is 9.36 Å². The molecule has 0 aliphatic rings. The number of rotatable bonds is 5. The Bertz CT molecular complexity index is 591. The first-order valence-corrected chi connectivity index (χ1v) is 7.10. The summed E-state index contributed by atoms with van der Waals surface area (Å²) in [6, 6.07) is 1.96. The van der Waals surface area contributed by atoms with E-state index in [4.69, 9.17) is 0 Å². The molecule has 0 fully saturated rings. The number of hydrogen-bond acceptors (Lipinski definition) is 6. The zero-order chi connectivity index (χ0) is 14.7. The summed E-state index contributed by atoms with van der Waals surface area (Å²) in [5.74, 6) is 0.578. The Balaban J connectivity index is 2.01. The first-order chi connectivity index (χ1) is 9.49. The molecule has 0 aliphatic carbocycles. The third-order valence-electron chi connectivity index (χ3n) is 2.64. The highest BCUT2D eigenvalue weighted by atomic mass is 32.2. The van der Waals surface area contributed by atoms with Crippen molar-refractivity contribution in [2.24, 2.45) is 7.05 Å². The molecule has 0 spiro atoms. The highest BCUT2D eigenvalue weighted by Gasteiger charge is 2.19. The second kappa shape index (κ2) is 6.04. The minimum absolute atomic E-state index is 0.111. The number of thioether (sulfide) groups is 1. The number of aryl methyl sites for hydroxylation is 1. The van der Waals surface area contributed by atoms with E-state index < -0.39 is 0 Å². The van der Waals surface area contributed by atoms with E-state index in [1.807, 2.05) is 20.8 Å². The molecule has 0 radical (unpaired) electrons. The third-order valence-corrected chi connectivity index (χ3v) is 3.77. The number of tetrazole rings is 1. The lowest BCUT2D eigenvalue weighted by molar-refractivity contribution is -0.115. The van der Waals surface area contributed by atoms with E-state index >= 15 is 0 Å². The van der Waals surface area contributed by atoms with Crippen LogP contribution in [0.15, 0.2) is 17.4 Å². The van der Waals surface area contributed by atoms with E-state index in [9.17, 15) is 4.79 Å². The molecule has 1 amide bonds. The van der Waals surface area contributed by atoms with Crippen molar-refractivity contribution in [2.75, 3.05) is 5.32 Å². The molecule has 0 aromatic carbocycles. The molecule has 1 atom stereocenters. The molecule has 0 aliphatic heterocycles. The summed E-state index contributed by atoms with van der Waals surface area (Å²) in [4.78, 5) is 12.2. The smallest absolute Gasteiger partial charge is 0.238 e. The topological polar surface area (TPSA) is 90.5 Å². The molecule has 2 rings (SSSR count). The summed E-state index contributed by atoms with van der Waals surface area (Å²) in [7, 11) is 1.74. The van der Waals surface area contributed by atoms with E-state index in [2.05, 4.69) is 25.9 Å². The van der Waals surface area contributed by atoms with Crippen LogP contribution >= 0.6 is 11.8 Å². The van der Waals surface area contributed by atoms with Crippen LogP contribution in [0.3, 0.4) is 0 Å². The van der Waals surface area contributed by atoms with Gasteiger partial charge in [-0.05, 0) is 31.2 Å². The Kier molecular flexibility index (Phi) is 4.38. The van der Waals surface area contributed by atoms with Crippen molar-refractivity contribution in [3.05, 3.63) is 12.3 Å². The van der Waals surface area contributed by atoms with E-state index in [0.717, 1.165) is 0 Å². The maximum Gasteiger partial charge on any atom is 0.238 e. The summed E-state index contributed by atoms with van der Waals surface area (Å²) < 4.78 is 3.30. The summed E-state index contributed by atoms with van der Waals surface area (Å²) in [5, 5.41) is 18.5. The maximum atomic E-state index is 12.2. The van der Waals surface area contributed by atoms with Crippen LogP contribution in [0.1, 0.15) is 26.8 Å². The van der Waals surface area contributed by atoms with Crippen LogP contribution in [0.5, 0.6) is 0 Å². The molecule has 0 bridgehead atoms. The van der Waals surface area contributed by atoms with Gasteiger partial charge in [0.1, 0.15) is 5.82 Å². The summed E-state index contributed by atoms with van der Waals surface area (Å²) in [5.41, 5.74) is 0. The average Bonchev–Trinajstić information content (AvgIpc) is 2.99. The van der Waals surface area contributed by atoms with Gasteiger partial charge in [0, 0.05) is 19.2 Å². The summed E-state index contributed by atoms with van der Waals surface area (Å²) in [6.45, 7) is 5.82. The van der Waals surface area contributed by atoms with Crippen LogP contribution in [0.4, 0.5) is 5.82 Å². The predicted molar refractivity (Wildman–Crippen MR) is 75.4 cm³/mol. The van der Waals surface area contributed by atoms with Crippen LogP contribution < -0.4 is 5.32 Å². The fourth-order valence-corrected chi connectivity index (χ4v) is 2.34. The van der Waals surface area contributed by atoms with Crippen molar-refractivity contribution in [2.45, 2.75) is 37.2 Å². The zero-order valence-corrected chi connectivity index (χ0v) is 12.6. The van der Waals surface area contributed by atoms with Gasteiger partial charge < -0.3 is 5.32 Å². The van der Waals surface area contributed by atoms with Gasteiger partial charge in [0.2, 0.25) is 11.1 Å².